The van der Waals surface area contributed by atoms with Gasteiger partial charge in [0.05, 0.1) is 22.6 Å². The SMILES string of the molecule is CN(Cc1csc(-c2cccs2)n1)C(=O)c1n[nH]c2ccccc12. The number of aromatic nitrogens is 3. The van der Waals surface area contributed by atoms with Crippen LogP contribution in [0.3, 0.4) is 0 Å². The molecule has 1 aromatic carbocycles. The molecule has 0 aliphatic carbocycles. The zero-order valence-corrected chi connectivity index (χ0v) is 14.5. The number of benzene rings is 1. The highest BCUT2D eigenvalue weighted by Gasteiger charge is 2.19. The molecule has 7 heteroatoms. The Kier molecular flexibility index (Phi) is 3.87. The van der Waals surface area contributed by atoms with Crippen molar-refractivity contribution < 1.29 is 4.79 Å². The summed E-state index contributed by atoms with van der Waals surface area (Å²) in [5.74, 6) is -0.113. The van der Waals surface area contributed by atoms with E-state index in [4.69, 9.17) is 0 Å². The first-order chi connectivity index (χ1) is 11.7. The predicted molar refractivity (Wildman–Crippen MR) is 97.3 cm³/mol. The quantitative estimate of drug-likeness (QED) is 0.602. The summed E-state index contributed by atoms with van der Waals surface area (Å²) < 4.78 is 0. The Balaban J connectivity index is 1.54. The van der Waals surface area contributed by atoms with Crippen LogP contribution in [0.25, 0.3) is 20.8 Å². The van der Waals surface area contributed by atoms with Crippen LogP contribution in [0.4, 0.5) is 0 Å². The first kappa shape index (κ1) is 15.0. The lowest BCUT2D eigenvalue weighted by Crippen LogP contribution is -2.26. The van der Waals surface area contributed by atoms with Crippen molar-refractivity contribution in [2.75, 3.05) is 7.05 Å². The lowest BCUT2D eigenvalue weighted by Gasteiger charge is -2.14. The van der Waals surface area contributed by atoms with Crippen LogP contribution in [-0.4, -0.2) is 33.0 Å². The molecule has 0 atom stereocenters. The average molecular weight is 354 g/mol. The van der Waals surface area contributed by atoms with Gasteiger partial charge in [-0.25, -0.2) is 4.98 Å². The first-order valence-corrected chi connectivity index (χ1v) is 9.15. The second kappa shape index (κ2) is 6.18. The van der Waals surface area contributed by atoms with Gasteiger partial charge in [0, 0.05) is 17.8 Å². The molecule has 3 heterocycles. The van der Waals surface area contributed by atoms with Gasteiger partial charge in [0.25, 0.3) is 5.91 Å². The first-order valence-electron chi connectivity index (χ1n) is 7.39. The Labute approximate surface area is 146 Å². The van der Waals surface area contributed by atoms with Gasteiger partial charge in [-0.1, -0.05) is 24.3 Å². The van der Waals surface area contributed by atoms with E-state index in [0.717, 1.165) is 26.5 Å². The second-order valence-corrected chi connectivity index (χ2v) is 7.21. The summed E-state index contributed by atoms with van der Waals surface area (Å²) in [4.78, 5) is 20.1. The van der Waals surface area contributed by atoms with Crippen LogP contribution in [0, 0.1) is 0 Å². The third-order valence-electron chi connectivity index (χ3n) is 3.70. The molecule has 0 spiro atoms. The summed E-state index contributed by atoms with van der Waals surface area (Å²) >= 11 is 3.27. The van der Waals surface area contributed by atoms with E-state index >= 15 is 0 Å². The van der Waals surface area contributed by atoms with Crippen LogP contribution in [0.2, 0.25) is 0 Å². The third kappa shape index (κ3) is 2.72. The van der Waals surface area contributed by atoms with Gasteiger partial charge in [0.15, 0.2) is 5.69 Å². The van der Waals surface area contributed by atoms with E-state index in [2.05, 4.69) is 21.2 Å². The van der Waals surface area contributed by atoms with Gasteiger partial charge in [-0.2, -0.15) is 5.10 Å². The van der Waals surface area contributed by atoms with Crippen molar-refractivity contribution in [2.45, 2.75) is 6.54 Å². The smallest absolute Gasteiger partial charge is 0.275 e. The van der Waals surface area contributed by atoms with Crippen molar-refractivity contribution in [3.63, 3.8) is 0 Å². The van der Waals surface area contributed by atoms with Crippen LogP contribution in [0.1, 0.15) is 16.2 Å². The summed E-state index contributed by atoms with van der Waals surface area (Å²) in [7, 11) is 1.77. The number of rotatable bonds is 4. The van der Waals surface area contributed by atoms with Crippen LogP contribution >= 0.6 is 22.7 Å². The number of para-hydroxylation sites is 1. The van der Waals surface area contributed by atoms with E-state index in [9.17, 15) is 4.79 Å². The maximum Gasteiger partial charge on any atom is 0.275 e. The highest BCUT2D eigenvalue weighted by Crippen LogP contribution is 2.28. The fourth-order valence-electron chi connectivity index (χ4n) is 2.52. The molecule has 0 bridgehead atoms. The van der Waals surface area contributed by atoms with Crippen molar-refractivity contribution >= 4 is 39.5 Å². The van der Waals surface area contributed by atoms with Crippen molar-refractivity contribution in [3.8, 4) is 9.88 Å². The molecule has 24 heavy (non-hydrogen) atoms. The number of H-pyrrole nitrogens is 1. The average Bonchev–Trinajstić information content (AvgIpc) is 3.33. The van der Waals surface area contributed by atoms with Crippen LogP contribution in [0.15, 0.2) is 47.2 Å². The van der Waals surface area contributed by atoms with Crippen molar-refractivity contribution in [3.05, 3.63) is 58.5 Å². The Morgan fingerprint density at radius 2 is 2.08 bits per heavy atom. The van der Waals surface area contributed by atoms with Gasteiger partial charge < -0.3 is 4.90 Å². The molecule has 0 saturated heterocycles. The summed E-state index contributed by atoms with van der Waals surface area (Å²) in [6, 6.07) is 11.7. The maximum atomic E-state index is 12.7. The Hall–Kier alpha value is -2.51. The maximum absolute atomic E-state index is 12.7. The number of nitrogens with one attached hydrogen (secondary N) is 1. The van der Waals surface area contributed by atoms with Crippen molar-refractivity contribution in [2.24, 2.45) is 0 Å². The Morgan fingerprint density at radius 1 is 1.21 bits per heavy atom. The fourth-order valence-corrected chi connectivity index (χ4v) is 4.14. The number of fused-ring (bicyclic) bond motifs is 1. The minimum absolute atomic E-state index is 0.113. The van der Waals surface area contributed by atoms with Crippen LogP contribution < -0.4 is 0 Å². The van der Waals surface area contributed by atoms with Gasteiger partial charge in [-0.3, -0.25) is 9.89 Å². The minimum Gasteiger partial charge on any atom is -0.334 e. The number of hydrogen-bond donors (Lipinski definition) is 1. The molecule has 0 radical (unpaired) electrons. The van der Waals surface area contributed by atoms with Crippen molar-refractivity contribution in [1.82, 2.24) is 20.1 Å². The normalized spacial score (nSPS) is 11.0. The van der Waals surface area contributed by atoms with E-state index in [1.807, 2.05) is 41.1 Å². The number of thiophene rings is 1. The highest BCUT2D eigenvalue weighted by atomic mass is 32.1. The van der Waals surface area contributed by atoms with Crippen LogP contribution in [-0.2, 0) is 6.54 Å². The standard InChI is InChI=1S/C17H14N4OS2/c1-21(9-11-10-24-16(18-11)14-7-4-8-23-14)17(22)15-12-5-2-3-6-13(12)19-20-15/h2-8,10H,9H2,1H3,(H,19,20). The predicted octanol–water partition coefficient (Wildman–Crippen LogP) is 4.02. The Bertz CT molecular complexity index is 987. The van der Waals surface area contributed by atoms with Gasteiger partial charge >= 0.3 is 0 Å². The minimum atomic E-state index is -0.113. The molecule has 1 amide bonds. The molecule has 0 fully saturated rings. The summed E-state index contributed by atoms with van der Waals surface area (Å²) in [6.07, 6.45) is 0. The van der Waals surface area contributed by atoms with E-state index in [0.29, 0.717) is 12.2 Å². The molecule has 1 N–H and O–H groups in total. The lowest BCUT2D eigenvalue weighted by atomic mass is 10.2. The number of carbonyl (C=O) groups is 1. The molecule has 0 aliphatic heterocycles. The van der Waals surface area contributed by atoms with Crippen molar-refractivity contribution in [1.29, 1.82) is 0 Å². The van der Waals surface area contributed by atoms with Gasteiger partial charge in [-0.15, -0.1) is 22.7 Å². The third-order valence-corrected chi connectivity index (χ3v) is 5.63. The molecule has 4 rings (SSSR count). The largest absolute Gasteiger partial charge is 0.334 e. The number of carbonyl (C=O) groups excluding carboxylic acids is 1. The van der Waals surface area contributed by atoms with E-state index in [1.165, 1.54) is 0 Å². The topological polar surface area (TPSA) is 61.9 Å². The molecule has 0 unspecified atom stereocenters. The zero-order valence-electron chi connectivity index (χ0n) is 12.9. The zero-order chi connectivity index (χ0) is 16.5. The summed E-state index contributed by atoms with van der Waals surface area (Å²) in [6.45, 7) is 0.460. The van der Waals surface area contributed by atoms with E-state index in [-0.39, 0.29) is 5.91 Å². The summed E-state index contributed by atoms with van der Waals surface area (Å²) in [5, 5.41) is 12.9. The molecule has 5 nitrogen and oxygen atoms in total. The number of amides is 1. The molecular formula is C17H14N4OS2. The highest BCUT2D eigenvalue weighted by molar-refractivity contribution is 7.20. The summed E-state index contributed by atoms with van der Waals surface area (Å²) in [5.41, 5.74) is 2.20. The second-order valence-electron chi connectivity index (χ2n) is 5.40. The molecule has 0 saturated carbocycles. The van der Waals surface area contributed by atoms with E-state index in [1.54, 1.807) is 34.6 Å². The molecule has 120 valence electrons. The number of nitrogens with zero attached hydrogens (tertiary/aromatic N) is 3. The van der Waals surface area contributed by atoms with E-state index < -0.39 is 0 Å². The number of aromatic amines is 1. The molecule has 4 aromatic rings. The Morgan fingerprint density at radius 3 is 2.92 bits per heavy atom. The van der Waals surface area contributed by atoms with Crippen LogP contribution in [0.5, 0.6) is 0 Å². The van der Waals surface area contributed by atoms with Gasteiger partial charge in [0.2, 0.25) is 0 Å². The fraction of sp³-hybridized carbons (Fsp3) is 0.118. The number of thiazole rings is 1. The molecule has 0 aliphatic rings. The molecule has 3 aromatic heterocycles. The molecular weight excluding hydrogens is 340 g/mol. The lowest BCUT2D eigenvalue weighted by molar-refractivity contribution is 0.0779. The van der Waals surface area contributed by atoms with Gasteiger partial charge in [0.1, 0.15) is 5.01 Å². The number of hydrogen-bond acceptors (Lipinski definition) is 5. The monoisotopic (exact) mass is 354 g/mol. The van der Waals surface area contributed by atoms with Gasteiger partial charge in [-0.05, 0) is 17.5 Å².